The van der Waals surface area contributed by atoms with Gasteiger partial charge < -0.3 is 15.0 Å². The molecule has 0 bridgehead atoms. The minimum atomic E-state index is -3.95. The Bertz CT molecular complexity index is 1430. The van der Waals surface area contributed by atoms with Gasteiger partial charge in [0.05, 0.1) is 18.6 Å². The minimum absolute atomic E-state index is 0.110. The van der Waals surface area contributed by atoms with Crippen molar-refractivity contribution in [1.29, 1.82) is 0 Å². The highest BCUT2D eigenvalue weighted by atomic mass is 35.5. The molecule has 0 aliphatic carbocycles. The molecule has 226 valence electrons. The van der Waals surface area contributed by atoms with Crippen molar-refractivity contribution in [3.63, 3.8) is 0 Å². The van der Waals surface area contributed by atoms with Crippen molar-refractivity contribution in [2.45, 2.75) is 45.7 Å². The van der Waals surface area contributed by atoms with E-state index < -0.39 is 28.5 Å². The number of sulfonamides is 1. The number of unbranched alkanes of at least 4 members (excludes halogenated alkanes) is 1. The zero-order valence-electron chi connectivity index (χ0n) is 24.1. The number of hydrogen-bond donors (Lipinski definition) is 1. The van der Waals surface area contributed by atoms with Crippen molar-refractivity contribution in [1.82, 2.24) is 10.2 Å². The second-order valence-corrected chi connectivity index (χ2v) is 12.5. The van der Waals surface area contributed by atoms with Gasteiger partial charge in [0, 0.05) is 35.1 Å². The minimum Gasteiger partial charge on any atom is -0.492 e. The van der Waals surface area contributed by atoms with Crippen molar-refractivity contribution in [2.24, 2.45) is 0 Å². The number of rotatable bonds is 15. The number of halogens is 2. The fourth-order valence-corrected chi connectivity index (χ4v) is 5.82. The Kier molecular flexibility index (Phi) is 12.5. The van der Waals surface area contributed by atoms with E-state index in [2.05, 4.69) is 5.32 Å². The van der Waals surface area contributed by atoms with Crippen LogP contribution in [0.1, 0.15) is 37.8 Å². The van der Waals surface area contributed by atoms with E-state index in [0.29, 0.717) is 34.5 Å². The third-order valence-corrected chi connectivity index (χ3v) is 8.44. The van der Waals surface area contributed by atoms with Crippen LogP contribution >= 0.6 is 23.2 Å². The monoisotopic (exact) mass is 633 g/mol. The number of nitrogens with zero attached hydrogens (tertiary/aromatic N) is 2. The first-order valence-electron chi connectivity index (χ1n) is 13.8. The summed E-state index contributed by atoms with van der Waals surface area (Å²) in [6, 6.07) is 19.9. The third-order valence-electron chi connectivity index (χ3n) is 6.60. The molecular formula is C31H37Cl2N3O5S. The van der Waals surface area contributed by atoms with E-state index >= 15 is 0 Å². The fraction of sp³-hybridized carbons (Fsp3) is 0.355. The zero-order chi connectivity index (χ0) is 30.7. The summed E-state index contributed by atoms with van der Waals surface area (Å²) in [5, 5.41) is 3.60. The molecule has 3 aromatic rings. The molecule has 1 N–H and O–H groups in total. The molecule has 0 saturated heterocycles. The predicted octanol–water partition coefficient (Wildman–Crippen LogP) is 5.71. The zero-order valence-corrected chi connectivity index (χ0v) is 26.4. The molecule has 0 aromatic heterocycles. The van der Waals surface area contributed by atoms with Gasteiger partial charge in [0.25, 0.3) is 0 Å². The van der Waals surface area contributed by atoms with Crippen LogP contribution in [0.4, 0.5) is 5.69 Å². The van der Waals surface area contributed by atoms with Crippen LogP contribution in [0.2, 0.25) is 10.0 Å². The van der Waals surface area contributed by atoms with Crippen LogP contribution in [0, 0.1) is 0 Å². The number of benzene rings is 3. The number of carbonyl (C=O) groups excluding carboxylic acids is 2. The molecule has 0 radical (unpaired) electrons. The first-order chi connectivity index (χ1) is 20.1. The van der Waals surface area contributed by atoms with Gasteiger partial charge in [-0.25, -0.2) is 8.42 Å². The molecule has 0 saturated carbocycles. The molecule has 0 fully saturated rings. The third kappa shape index (κ3) is 9.11. The lowest BCUT2D eigenvalue weighted by atomic mass is 10.0. The van der Waals surface area contributed by atoms with Crippen LogP contribution in [0.15, 0.2) is 72.8 Å². The topological polar surface area (TPSA) is 96.0 Å². The lowest BCUT2D eigenvalue weighted by Gasteiger charge is -2.34. The van der Waals surface area contributed by atoms with Crippen LogP contribution in [0.3, 0.4) is 0 Å². The molecule has 0 heterocycles. The van der Waals surface area contributed by atoms with E-state index in [0.717, 1.165) is 29.0 Å². The number of para-hydroxylation sites is 2. The van der Waals surface area contributed by atoms with Crippen molar-refractivity contribution < 1.29 is 22.7 Å². The van der Waals surface area contributed by atoms with E-state index in [-0.39, 0.29) is 24.6 Å². The van der Waals surface area contributed by atoms with Gasteiger partial charge in [0.1, 0.15) is 18.3 Å². The highest BCUT2D eigenvalue weighted by molar-refractivity contribution is 7.92. The summed E-state index contributed by atoms with van der Waals surface area (Å²) in [5.74, 6) is -0.643. The lowest BCUT2D eigenvalue weighted by molar-refractivity contribution is -0.140. The lowest BCUT2D eigenvalue weighted by Crippen LogP contribution is -2.53. The Hall–Kier alpha value is -3.27. The van der Waals surface area contributed by atoms with Gasteiger partial charge >= 0.3 is 0 Å². The van der Waals surface area contributed by atoms with Crippen molar-refractivity contribution >= 4 is 50.7 Å². The van der Waals surface area contributed by atoms with Gasteiger partial charge in [-0.1, -0.05) is 85.1 Å². The van der Waals surface area contributed by atoms with Crippen molar-refractivity contribution in [3.05, 3.63) is 94.0 Å². The molecule has 0 spiro atoms. The fourth-order valence-electron chi connectivity index (χ4n) is 4.45. The van der Waals surface area contributed by atoms with Gasteiger partial charge in [-0.3, -0.25) is 13.9 Å². The average molecular weight is 635 g/mol. The van der Waals surface area contributed by atoms with Crippen molar-refractivity contribution in [3.8, 4) is 5.75 Å². The average Bonchev–Trinajstić information content (AvgIpc) is 2.95. The summed E-state index contributed by atoms with van der Waals surface area (Å²) in [4.78, 5) is 29.3. The molecule has 1 atom stereocenters. The Balaban J connectivity index is 2.10. The van der Waals surface area contributed by atoms with Crippen LogP contribution < -0.4 is 14.4 Å². The maximum Gasteiger partial charge on any atom is 0.244 e. The van der Waals surface area contributed by atoms with E-state index in [4.69, 9.17) is 27.9 Å². The second kappa shape index (κ2) is 15.8. The maximum absolute atomic E-state index is 14.2. The molecule has 42 heavy (non-hydrogen) atoms. The summed E-state index contributed by atoms with van der Waals surface area (Å²) < 4.78 is 32.8. The number of nitrogens with one attached hydrogen (secondary N) is 1. The molecule has 3 rings (SSSR count). The summed E-state index contributed by atoms with van der Waals surface area (Å²) in [6.45, 7) is 3.86. The molecule has 2 amide bonds. The van der Waals surface area contributed by atoms with Crippen LogP contribution in [-0.4, -0.2) is 57.1 Å². The highest BCUT2D eigenvalue weighted by Gasteiger charge is 2.34. The van der Waals surface area contributed by atoms with Gasteiger partial charge in [0.2, 0.25) is 21.8 Å². The Morgan fingerprint density at radius 3 is 2.19 bits per heavy atom. The summed E-state index contributed by atoms with van der Waals surface area (Å²) in [5.41, 5.74) is 1.50. The van der Waals surface area contributed by atoms with E-state index in [1.165, 1.54) is 4.90 Å². The largest absolute Gasteiger partial charge is 0.492 e. The van der Waals surface area contributed by atoms with Crippen LogP contribution in [0.5, 0.6) is 5.75 Å². The first kappa shape index (κ1) is 33.2. The van der Waals surface area contributed by atoms with Crippen LogP contribution in [0.25, 0.3) is 0 Å². The summed E-state index contributed by atoms with van der Waals surface area (Å²) in [7, 11) is -3.95. The smallest absolute Gasteiger partial charge is 0.244 e. The standard InChI is InChI=1S/C31H37Cl2N3O5S/c1-4-6-19-34-31(38)28(20-23-13-8-7-9-14-23)35(21-24-25(32)15-12-16-26(24)33)30(37)22-36(42(3,39)40)27-17-10-11-18-29(27)41-5-2/h7-18,28H,4-6,19-22H2,1-3H3,(H,34,38)/t28-/m1/s1. The molecule has 0 unspecified atom stereocenters. The van der Waals surface area contributed by atoms with Gasteiger partial charge in [-0.15, -0.1) is 0 Å². The van der Waals surface area contributed by atoms with Gasteiger partial charge in [0.15, 0.2) is 0 Å². The number of ether oxygens (including phenoxy) is 1. The normalized spacial score (nSPS) is 11.9. The van der Waals surface area contributed by atoms with E-state index in [1.54, 1.807) is 49.4 Å². The number of amides is 2. The maximum atomic E-state index is 14.2. The van der Waals surface area contributed by atoms with Gasteiger partial charge in [-0.2, -0.15) is 0 Å². The quantitative estimate of drug-likeness (QED) is 0.216. The number of anilines is 1. The molecule has 0 aliphatic rings. The summed E-state index contributed by atoms with van der Waals surface area (Å²) in [6.07, 6.45) is 2.87. The Labute approximate surface area is 258 Å². The Morgan fingerprint density at radius 2 is 1.57 bits per heavy atom. The molecular weight excluding hydrogens is 597 g/mol. The number of hydrogen-bond acceptors (Lipinski definition) is 5. The van der Waals surface area contributed by atoms with E-state index in [1.807, 2.05) is 37.3 Å². The van der Waals surface area contributed by atoms with Crippen LogP contribution in [-0.2, 0) is 32.6 Å². The predicted molar refractivity (Wildman–Crippen MR) is 169 cm³/mol. The van der Waals surface area contributed by atoms with Gasteiger partial charge in [-0.05, 0) is 43.2 Å². The summed E-state index contributed by atoms with van der Waals surface area (Å²) >= 11 is 13.0. The van der Waals surface area contributed by atoms with E-state index in [9.17, 15) is 18.0 Å². The SMILES string of the molecule is CCCCNC(=O)[C@@H](Cc1ccccc1)N(Cc1c(Cl)cccc1Cl)C(=O)CN(c1ccccc1OCC)S(C)(=O)=O. The second-order valence-electron chi connectivity index (χ2n) is 9.74. The molecule has 0 aliphatic heterocycles. The van der Waals surface area contributed by atoms with Crippen molar-refractivity contribution in [2.75, 3.05) is 30.3 Å². The number of carbonyl (C=O) groups is 2. The molecule has 8 nitrogen and oxygen atoms in total. The Morgan fingerprint density at radius 1 is 0.929 bits per heavy atom. The first-order valence-corrected chi connectivity index (χ1v) is 16.4. The molecule has 3 aromatic carbocycles. The highest BCUT2D eigenvalue weighted by Crippen LogP contribution is 2.31. The molecule has 11 heteroatoms.